The van der Waals surface area contributed by atoms with Crippen LogP contribution >= 0.6 is 15.9 Å². The third kappa shape index (κ3) is 3.85. The summed E-state index contributed by atoms with van der Waals surface area (Å²) in [7, 11) is 0. The van der Waals surface area contributed by atoms with Gasteiger partial charge in [0, 0.05) is 12.0 Å². The van der Waals surface area contributed by atoms with Gasteiger partial charge in [0.05, 0.1) is 10.0 Å². The van der Waals surface area contributed by atoms with Crippen molar-refractivity contribution in [2.75, 3.05) is 0 Å². The van der Waals surface area contributed by atoms with Gasteiger partial charge in [0.15, 0.2) is 11.6 Å². The minimum atomic E-state index is -0.857. The lowest BCUT2D eigenvalue weighted by molar-refractivity contribution is 0.0964. The molecule has 0 atom stereocenters. The van der Waals surface area contributed by atoms with Gasteiger partial charge in [-0.05, 0) is 48.3 Å². The minimum absolute atomic E-state index is 0.0216. The first-order valence-corrected chi connectivity index (χ1v) is 5.97. The number of rotatable bonds is 4. The second-order valence-corrected chi connectivity index (χ2v) is 5.48. The van der Waals surface area contributed by atoms with Crippen LogP contribution in [0.3, 0.4) is 0 Å². The van der Waals surface area contributed by atoms with Crippen LogP contribution in [0.4, 0.5) is 8.78 Å². The van der Waals surface area contributed by atoms with E-state index in [1.165, 1.54) is 6.07 Å². The summed E-state index contributed by atoms with van der Waals surface area (Å²) in [5, 5.41) is 0. The topological polar surface area (TPSA) is 43.1 Å². The molecule has 0 aromatic heterocycles. The first-order valence-electron chi connectivity index (χ1n) is 5.18. The average Bonchev–Trinajstić information content (AvgIpc) is 2.20. The van der Waals surface area contributed by atoms with Crippen LogP contribution in [0.25, 0.3) is 0 Å². The molecule has 0 unspecified atom stereocenters. The Kier molecular flexibility index (Phi) is 4.38. The molecule has 0 bridgehead atoms. The molecule has 0 aliphatic heterocycles. The van der Waals surface area contributed by atoms with Gasteiger partial charge in [-0.15, -0.1) is 0 Å². The molecule has 0 amide bonds. The summed E-state index contributed by atoms with van der Waals surface area (Å²) in [4.78, 5) is 11.7. The highest BCUT2D eigenvalue weighted by Gasteiger charge is 2.21. The lowest BCUT2D eigenvalue weighted by Crippen LogP contribution is -2.32. The van der Waals surface area contributed by atoms with Gasteiger partial charge in [-0.1, -0.05) is 0 Å². The predicted molar refractivity (Wildman–Crippen MR) is 65.9 cm³/mol. The summed E-state index contributed by atoms with van der Waals surface area (Å²) in [6.45, 7) is 3.52. The van der Waals surface area contributed by atoms with Gasteiger partial charge in [-0.3, -0.25) is 4.79 Å². The molecule has 5 heteroatoms. The summed E-state index contributed by atoms with van der Waals surface area (Å²) in [5.74, 6) is -2.27. The van der Waals surface area contributed by atoms with Gasteiger partial charge in [0.25, 0.3) is 0 Å². The van der Waals surface area contributed by atoms with Crippen molar-refractivity contribution in [1.29, 1.82) is 0 Å². The Bertz CT molecular complexity index is 441. The summed E-state index contributed by atoms with van der Waals surface area (Å²) in [6, 6.07) is 2.29. The Hall–Kier alpha value is -0.810. The maximum Gasteiger partial charge on any atom is 0.168 e. The van der Waals surface area contributed by atoms with Crippen LogP contribution < -0.4 is 5.73 Å². The van der Waals surface area contributed by atoms with Crippen molar-refractivity contribution in [2.45, 2.75) is 32.2 Å². The van der Waals surface area contributed by atoms with E-state index in [0.29, 0.717) is 6.42 Å². The van der Waals surface area contributed by atoms with Crippen LogP contribution in [0.5, 0.6) is 0 Å². The van der Waals surface area contributed by atoms with Crippen LogP contribution in [0.1, 0.15) is 37.0 Å². The van der Waals surface area contributed by atoms with Gasteiger partial charge in [0.2, 0.25) is 0 Å². The molecule has 17 heavy (non-hydrogen) atoms. The van der Waals surface area contributed by atoms with Crippen LogP contribution in [0.15, 0.2) is 16.6 Å². The van der Waals surface area contributed by atoms with Gasteiger partial charge in [0.1, 0.15) is 5.82 Å². The first-order chi connectivity index (χ1) is 7.72. The number of carbonyl (C=O) groups is 1. The monoisotopic (exact) mass is 305 g/mol. The fourth-order valence-electron chi connectivity index (χ4n) is 1.34. The fraction of sp³-hybridized carbons (Fsp3) is 0.417. The lowest BCUT2D eigenvalue weighted by atomic mass is 9.95. The Morgan fingerprint density at radius 2 is 2.00 bits per heavy atom. The maximum atomic E-state index is 13.6. The Balaban J connectivity index is 2.93. The molecule has 0 heterocycles. The zero-order valence-electron chi connectivity index (χ0n) is 9.69. The number of benzene rings is 1. The number of hydrogen-bond acceptors (Lipinski definition) is 2. The zero-order valence-corrected chi connectivity index (χ0v) is 11.3. The number of carbonyl (C=O) groups excluding carboxylic acids is 1. The van der Waals surface area contributed by atoms with E-state index in [4.69, 9.17) is 5.73 Å². The van der Waals surface area contributed by atoms with Crippen molar-refractivity contribution >= 4 is 21.7 Å². The van der Waals surface area contributed by atoms with E-state index in [9.17, 15) is 13.6 Å². The molecule has 0 fully saturated rings. The molecule has 1 aromatic carbocycles. The Morgan fingerprint density at radius 1 is 1.41 bits per heavy atom. The van der Waals surface area contributed by atoms with Gasteiger partial charge in [-0.2, -0.15) is 0 Å². The summed E-state index contributed by atoms with van der Waals surface area (Å²) < 4.78 is 27.1. The molecule has 0 saturated heterocycles. The largest absolute Gasteiger partial charge is 0.326 e. The Labute approximate surface area is 107 Å². The van der Waals surface area contributed by atoms with Crippen molar-refractivity contribution in [2.24, 2.45) is 5.73 Å². The van der Waals surface area contributed by atoms with Crippen LogP contribution in [0.2, 0.25) is 0 Å². The predicted octanol–water partition coefficient (Wildman–Crippen LogP) is 3.43. The molecule has 1 rings (SSSR count). The van der Waals surface area contributed by atoms with Crippen molar-refractivity contribution in [1.82, 2.24) is 0 Å². The van der Waals surface area contributed by atoms with Crippen molar-refractivity contribution < 1.29 is 13.6 Å². The molecule has 0 saturated carbocycles. The van der Waals surface area contributed by atoms with Crippen LogP contribution in [-0.4, -0.2) is 11.3 Å². The van der Waals surface area contributed by atoms with E-state index >= 15 is 0 Å². The molecule has 0 aliphatic rings. The highest BCUT2D eigenvalue weighted by molar-refractivity contribution is 9.10. The van der Waals surface area contributed by atoms with E-state index < -0.39 is 28.5 Å². The molecule has 2 N–H and O–H groups in total. The Morgan fingerprint density at radius 3 is 2.53 bits per heavy atom. The molecular weight excluding hydrogens is 292 g/mol. The van der Waals surface area contributed by atoms with Crippen molar-refractivity contribution in [3.05, 3.63) is 33.8 Å². The maximum absolute atomic E-state index is 13.6. The zero-order chi connectivity index (χ0) is 13.2. The minimum Gasteiger partial charge on any atom is -0.326 e. The van der Waals surface area contributed by atoms with Crippen molar-refractivity contribution in [3.8, 4) is 0 Å². The van der Waals surface area contributed by atoms with Crippen LogP contribution in [-0.2, 0) is 0 Å². The lowest BCUT2D eigenvalue weighted by Gasteiger charge is -2.17. The molecule has 94 valence electrons. The molecule has 0 radical (unpaired) electrons. The van der Waals surface area contributed by atoms with Gasteiger partial charge < -0.3 is 5.73 Å². The summed E-state index contributed by atoms with van der Waals surface area (Å²) in [6.07, 6.45) is 0.394. The number of nitrogens with two attached hydrogens (primary N) is 1. The highest BCUT2D eigenvalue weighted by Crippen LogP contribution is 2.23. The third-order valence-electron chi connectivity index (χ3n) is 2.32. The second kappa shape index (κ2) is 5.23. The fourth-order valence-corrected chi connectivity index (χ4v) is 1.67. The SMILES string of the molecule is CC(C)(N)CCC(=O)c1c(F)ccc(Br)c1F. The molecule has 2 nitrogen and oxygen atoms in total. The molecule has 1 aromatic rings. The average molecular weight is 306 g/mol. The second-order valence-electron chi connectivity index (χ2n) is 4.63. The molecular formula is C12H14BrF2NO. The molecule has 0 aliphatic carbocycles. The van der Waals surface area contributed by atoms with Gasteiger partial charge in [-0.25, -0.2) is 8.78 Å². The van der Waals surface area contributed by atoms with E-state index in [2.05, 4.69) is 15.9 Å². The number of halogens is 3. The highest BCUT2D eigenvalue weighted by atomic mass is 79.9. The standard InChI is InChI=1S/C12H14BrF2NO/c1-12(2,16)6-5-9(17)10-8(14)4-3-7(13)11(10)15/h3-4H,5-6,16H2,1-2H3. The quantitative estimate of drug-likeness (QED) is 0.684. The summed E-state index contributed by atoms with van der Waals surface area (Å²) >= 11 is 2.92. The smallest absolute Gasteiger partial charge is 0.168 e. The van der Waals surface area contributed by atoms with Crippen molar-refractivity contribution in [3.63, 3.8) is 0 Å². The number of ketones is 1. The van der Waals surface area contributed by atoms with Gasteiger partial charge >= 0.3 is 0 Å². The van der Waals surface area contributed by atoms with E-state index in [1.54, 1.807) is 13.8 Å². The summed E-state index contributed by atoms with van der Waals surface area (Å²) in [5.41, 5.74) is 4.69. The van der Waals surface area contributed by atoms with Crippen LogP contribution in [0, 0.1) is 11.6 Å². The normalized spacial score (nSPS) is 11.6. The molecule has 0 spiro atoms. The number of hydrogen-bond donors (Lipinski definition) is 1. The third-order valence-corrected chi connectivity index (χ3v) is 2.93. The van der Waals surface area contributed by atoms with E-state index in [1.807, 2.05) is 0 Å². The van der Waals surface area contributed by atoms with E-state index in [-0.39, 0.29) is 10.9 Å². The first kappa shape index (κ1) is 14.3. The van der Waals surface area contributed by atoms with E-state index in [0.717, 1.165) is 6.07 Å². The number of Topliss-reactive ketones (excluding diaryl/α,β-unsaturated/α-hetero) is 1.